The molecule has 2 aromatic heterocycles. The van der Waals surface area contributed by atoms with Crippen LogP contribution in [0.5, 0.6) is 0 Å². The van der Waals surface area contributed by atoms with Gasteiger partial charge in [-0.25, -0.2) is 14.3 Å². The van der Waals surface area contributed by atoms with E-state index in [0.29, 0.717) is 0 Å². The summed E-state index contributed by atoms with van der Waals surface area (Å²) in [5, 5.41) is 7.28. The van der Waals surface area contributed by atoms with Gasteiger partial charge in [0.2, 0.25) is 0 Å². The molecule has 0 radical (unpaired) electrons. The number of nitrogens with zero attached hydrogens (tertiary/aromatic N) is 4. The first-order valence-corrected chi connectivity index (χ1v) is 9.36. The number of anilines is 1. The van der Waals surface area contributed by atoms with Crippen molar-refractivity contribution in [2.45, 2.75) is 66.0 Å². The second kappa shape index (κ2) is 8.38. The van der Waals surface area contributed by atoms with E-state index < -0.39 is 5.60 Å². The Morgan fingerprint density at radius 3 is 2.50 bits per heavy atom. The number of piperidine rings is 1. The number of fused-ring (bicyclic) bond motifs is 1. The van der Waals surface area contributed by atoms with Gasteiger partial charge in [-0.15, -0.1) is 0 Å². The average Bonchev–Trinajstić information content (AvgIpc) is 2.96. The standard InChI is InChI=1S/C17H25N5O2.C2H6/c1-12-9-19-22-11-14(10-18-15(12)22)21-7-5-13(6-8-21)20-16(23)24-17(2,3)4;1-2/h9-11,13H,5-8H2,1-4H3,(H,20,23);1-2H3. The predicted octanol–water partition coefficient (Wildman–Crippen LogP) is 3.56. The third-order valence-corrected chi connectivity index (χ3v) is 4.10. The first kappa shape index (κ1) is 20.0. The van der Waals surface area contributed by atoms with Gasteiger partial charge in [0.25, 0.3) is 0 Å². The van der Waals surface area contributed by atoms with Crippen LogP contribution in [0.25, 0.3) is 5.65 Å². The fraction of sp³-hybridized carbons (Fsp3) is 0.632. The molecule has 3 heterocycles. The van der Waals surface area contributed by atoms with Crippen LogP contribution in [0.2, 0.25) is 0 Å². The third kappa shape index (κ3) is 5.09. The second-order valence-electron chi connectivity index (χ2n) is 7.32. The number of hydrogen-bond acceptors (Lipinski definition) is 5. The maximum atomic E-state index is 11.9. The van der Waals surface area contributed by atoms with Crippen LogP contribution in [0.3, 0.4) is 0 Å². The Balaban J connectivity index is 0.00000117. The lowest BCUT2D eigenvalue weighted by Crippen LogP contribution is -2.46. The molecule has 1 aliphatic rings. The lowest BCUT2D eigenvalue weighted by molar-refractivity contribution is 0.0497. The molecule has 0 aliphatic carbocycles. The molecule has 2 aromatic rings. The van der Waals surface area contributed by atoms with Gasteiger partial charge in [0.05, 0.1) is 24.3 Å². The fourth-order valence-corrected chi connectivity index (χ4v) is 2.90. The maximum Gasteiger partial charge on any atom is 0.407 e. The van der Waals surface area contributed by atoms with E-state index in [1.54, 1.807) is 0 Å². The summed E-state index contributed by atoms with van der Waals surface area (Å²) in [4.78, 5) is 18.6. The van der Waals surface area contributed by atoms with Gasteiger partial charge in [-0.2, -0.15) is 5.10 Å². The average molecular weight is 361 g/mol. The van der Waals surface area contributed by atoms with Gasteiger partial charge in [0, 0.05) is 24.7 Å². The zero-order chi connectivity index (χ0) is 19.3. The topological polar surface area (TPSA) is 71.8 Å². The Bertz CT molecular complexity index is 727. The predicted molar refractivity (Wildman–Crippen MR) is 104 cm³/mol. The van der Waals surface area contributed by atoms with Gasteiger partial charge in [0.15, 0.2) is 5.65 Å². The molecule has 0 bridgehead atoms. The summed E-state index contributed by atoms with van der Waals surface area (Å²) in [5.74, 6) is 0. The van der Waals surface area contributed by atoms with Crippen molar-refractivity contribution in [2.75, 3.05) is 18.0 Å². The molecule has 144 valence electrons. The first-order valence-electron chi connectivity index (χ1n) is 9.36. The monoisotopic (exact) mass is 361 g/mol. The van der Waals surface area contributed by atoms with Crippen LogP contribution in [0.4, 0.5) is 10.5 Å². The number of aryl methyl sites for hydroxylation is 1. The number of carbonyl (C=O) groups is 1. The highest BCUT2D eigenvalue weighted by Crippen LogP contribution is 2.20. The molecule has 7 nitrogen and oxygen atoms in total. The molecule has 0 spiro atoms. The lowest BCUT2D eigenvalue weighted by Gasteiger charge is -2.34. The number of ether oxygens (including phenoxy) is 1. The number of hydrogen-bond donors (Lipinski definition) is 1. The normalized spacial score (nSPS) is 15.4. The van der Waals surface area contributed by atoms with Crippen molar-refractivity contribution >= 4 is 17.4 Å². The summed E-state index contributed by atoms with van der Waals surface area (Å²) in [6.07, 6.45) is 7.16. The minimum Gasteiger partial charge on any atom is -0.444 e. The molecule has 1 aliphatic heterocycles. The summed E-state index contributed by atoms with van der Waals surface area (Å²) >= 11 is 0. The molecule has 0 aromatic carbocycles. The highest BCUT2D eigenvalue weighted by Gasteiger charge is 2.24. The van der Waals surface area contributed by atoms with Crippen LogP contribution in [0, 0.1) is 6.92 Å². The lowest BCUT2D eigenvalue weighted by atomic mass is 10.1. The van der Waals surface area contributed by atoms with Crippen molar-refractivity contribution in [2.24, 2.45) is 0 Å². The summed E-state index contributed by atoms with van der Waals surface area (Å²) in [6, 6.07) is 0.153. The van der Waals surface area contributed by atoms with Gasteiger partial charge in [-0.3, -0.25) is 0 Å². The van der Waals surface area contributed by atoms with Crippen molar-refractivity contribution in [1.82, 2.24) is 19.9 Å². The van der Waals surface area contributed by atoms with E-state index in [4.69, 9.17) is 4.74 Å². The van der Waals surface area contributed by atoms with Crippen LogP contribution in [0.15, 0.2) is 18.6 Å². The van der Waals surface area contributed by atoms with Crippen molar-refractivity contribution in [3.05, 3.63) is 24.2 Å². The Morgan fingerprint density at radius 2 is 1.88 bits per heavy atom. The zero-order valence-corrected chi connectivity index (χ0v) is 16.7. The quantitative estimate of drug-likeness (QED) is 0.885. The number of nitrogens with one attached hydrogen (secondary N) is 1. The largest absolute Gasteiger partial charge is 0.444 e. The highest BCUT2D eigenvalue weighted by molar-refractivity contribution is 5.68. The molecule has 0 unspecified atom stereocenters. The van der Waals surface area contributed by atoms with E-state index in [1.165, 1.54) is 0 Å². The molecule has 1 N–H and O–H groups in total. The van der Waals surface area contributed by atoms with E-state index in [0.717, 1.165) is 42.8 Å². The molecule has 7 heteroatoms. The van der Waals surface area contributed by atoms with E-state index in [9.17, 15) is 4.79 Å². The van der Waals surface area contributed by atoms with Gasteiger partial charge < -0.3 is 15.0 Å². The molecular weight excluding hydrogens is 330 g/mol. The molecular formula is C19H31N5O2. The number of amides is 1. The van der Waals surface area contributed by atoms with Gasteiger partial charge in [0.1, 0.15) is 5.60 Å². The summed E-state index contributed by atoms with van der Waals surface area (Å²) in [7, 11) is 0. The summed E-state index contributed by atoms with van der Waals surface area (Å²) in [5.41, 5.74) is 2.55. The Labute approximate surface area is 155 Å². The first-order chi connectivity index (χ1) is 12.3. The molecule has 0 saturated carbocycles. The Morgan fingerprint density at radius 1 is 1.23 bits per heavy atom. The van der Waals surface area contributed by atoms with Crippen LogP contribution in [-0.2, 0) is 4.74 Å². The van der Waals surface area contributed by atoms with Crippen LogP contribution < -0.4 is 10.2 Å². The smallest absolute Gasteiger partial charge is 0.407 e. The van der Waals surface area contributed by atoms with Crippen molar-refractivity contribution in [1.29, 1.82) is 0 Å². The molecule has 3 rings (SSSR count). The number of aromatic nitrogens is 3. The van der Waals surface area contributed by atoms with Crippen LogP contribution in [-0.4, -0.2) is 45.4 Å². The van der Waals surface area contributed by atoms with E-state index in [-0.39, 0.29) is 12.1 Å². The maximum absolute atomic E-state index is 11.9. The van der Waals surface area contributed by atoms with Gasteiger partial charge >= 0.3 is 6.09 Å². The van der Waals surface area contributed by atoms with Crippen molar-refractivity contribution < 1.29 is 9.53 Å². The van der Waals surface area contributed by atoms with Gasteiger partial charge in [-0.05, 0) is 40.5 Å². The Kier molecular flexibility index (Phi) is 6.45. The number of carbonyl (C=O) groups excluding carboxylic acids is 1. The SMILES string of the molecule is CC.Cc1cnn2cc(N3CCC(NC(=O)OC(C)(C)C)CC3)cnc12. The van der Waals surface area contributed by atoms with Gasteiger partial charge in [-0.1, -0.05) is 13.8 Å². The fourth-order valence-electron chi connectivity index (χ4n) is 2.90. The third-order valence-electron chi connectivity index (χ3n) is 4.10. The minimum absolute atomic E-state index is 0.153. The second-order valence-corrected chi connectivity index (χ2v) is 7.32. The van der Waals surface area contributed by atoms with Crippen LogP contribution >= 0.6 is 0 Å². The Hall–Kier alpha value is -2.31. The zero-order valence-electron chi connectivity index (χ0n) is 16.7. The van der Waals surface area contributed by atoms with E-state index >= 15 is 0 Å². The molecule has 1 saturated heterocycles. The molecule has 1 amide bonds. The molecule has 1 fully saturated rings. The van der Waals surface area contributed by atoms with Crippen molar-refractivity contribution in [3.8, 4) is 0 Å². The van der Waals surface area contributed by atoms with Crippen LogP contribution in [0.1, 0.15) is 53.0 Å². The molecule has 0 atom stereocenters. The highest BCUT2D eigenvalue weighted by atomic mass is 16.6. The molecule has 26 heavy (non-hydrogen) atoms. The number of rotatable bonds is 2. The van der Waals surface area contributed by atoms with E-state index in [1.807, 2.05) is 64.6 Å². The summed E-state index contributed by atoms with van der Waals surface area (Å²) < 4.78 is 7.13. The summed E-state index contributed by atoms with van der Waals surface area (Å²) in [6.45, 7) is 13.4. The van der Waals surface area contributed by atoms with E-state index in [2.05, 4.69) is 20.3 Å². The number of alkyl carbamates (subject to hydrolysis) is 1. The van der Waals surface area contributed by atoms with Crippen molar-refractivity contribution in [3.63, 3.8) is 0 Å². The minimum atomic E-state index is -0.465.